The summed E-state index contributed by atoms with van der Waals surface area (Å²) < 4.78 is 14.1. The van der Waals surface area contributed by atoms with E-state index in [0.29, 0.717) is 6.54 Å². The van der Waals surface area contributed by atoms with E-state index in [1.165, 1.54) is 6.07 Å². The van der Waals surface area contributed by atoms with Gasteiger partial charge in [0.15, 0.2) is 0 Å². The van der Waals surface area contributed by atoms with Gasteiger partial charge in [0.05, 0.1) is 5.56 Å². The molecular formula is C20H31FN2O. The molecule has 1 heterocycles. The molecule has 0 aliphatic carbocycles. The predicted octanol–water partition coefficient (Wildman–Crippen LogP) is 4.38. The Balaban J connectivity index is 2.31. The lowest BCUT2D eigenvalue weighted by atomic mass is 9.78. The molecule has 4 heteroatoms. The SMILES string of the molecule is CCCCN(C(=O)c1ccccc1F)C1CC(C)(C)NC(C)(C)C1. The molecule has 0 unspecified atom stereocenters. The molecule has 0 aromatic heterocycles. The zero-order valence-electron chi connectivity index (χ0n) is 15.7. The number of hydrogen-bond donors (Lipinski definition) is 1. The van der Waals surface area contributed by atoms with Crippen molar-refractivity contribution in [3.05, 3.63) is 35.6 Å². The molecule has 1 aliphatic heterocycles. The Kier molecular flexibility index (Phi) is 5.69. The lowest BCUT2D eigenvalue weighted by molar-refractivity contribution is 0.0438. The summed E-state index contributed by atoms with van der Waals surface area (Å²) in [6, 6.07) is 6.43. The van der Waals surface area contributed by atoms with Gasteiger partial charge in [-0.25, -0.2) is 4.39 Å². The van der Waals surface area contributed by atoms with E-state index in [1.807, 2.05) is 4.90 Å². The fourth-order valence-corrected chi connectivity index (χ4v) is 4.06. The molecule has 1 fully saturated rings. The highest BCUT2D eigenvalue weighted by molar-refractivity contribution is 5.94. The van der Waals surface area contributed by atoms with Gasteiger partial charge >= 0.3 is 0 Å². The standard InChI is InChI=1S/C20H31FN2O/c1-6-7-12-23(18(24)16-10-8-9-11-17(16)21)15-13-19(2,3)22-20(4,5)14-15/h8-11,15,22H,6-7,12-14H2,1-5H3. The van der Waals surface area contributed by atoms with Gasteiger partial charge < -0.3 is 10.2 Å². The van der Waals surface area contributed by atoms with Crippen LogP contribution in [0.1, 0.15) is 70.7 Å². The number of halogens is 1. The van der Waals surface area contributed by atoms with Crippen molar-refractivity contribution in [2.24, 2.45) is 0 Å². The second kappa shape index (κ2) is 7.22. The third kappa shape index (κ3) is 4.56. The number of nitrogens with one attached hydrogen (secondary N) is 1. The number of unbranched alkanes of at least 4 members (excludes halogenated alkanes) is 1. The van der Waals surface area contributed by atoms with E-state index in [9.17, 15) is 9.18 Å². The second-order valence-corrected chi connectivity index (χ2v) is 8.29. The van der Waals surface area contributed by atoms with Crippen molar-refractivity contribution in [1.29, 1.82) is 0 Å². The van der Waals surface area contributed by atoms with Gasteiger partial charge in [0.1, 0.15) is 5.82 Å². The number of piperidine rings is 1. The van der Waals surface area contributed by atoms with E-state index >= 15 is 0 Å². The Labute approximate surface area is 145 Å². The number of benzene rings is 1. The Morgan fingerprint density at radius 1 is 1.21 bits per heavy atom. The maximum Gasteiger partial charge on any atom is 0.257 e. The van der Waals surface area contributed by atoms with Crippen LogP contribution in [0, 0.1) is 5.82 Å². The van der Waals surface area contributed by atoms with Crippen molar-refractivity contribution in [1.82, 2.24) is 10.2 Å². The predicted molar refractivity (Wildman–Crippen MR) is 96.7 cm³/mol. The first-order valence-electron chi connectivity index (χ1n) is 9.00. The highest BCUT2D eigenvalue weighted by atomic mass is 19.1. The number of nitrogens with zero attached hydrogens (tertiary/aromatic N) is 1. The van der Waals surface area contributed by atoms with Crippen LogP contribution in [-0.2, 0) is 0 Å². The van der Waals surface area contributed by atoms with E-state index in [2.05, 4.69) is 39.9 Å². The van der Waals surface area contributed by atoms with Crippen LogP contribution < -0.4 is 5.32 Å². The topological polar surface area (TPSA) is 32.3 Å². The van der Waals surface area contributed by atoms with Gasteiger partial charge in [-0.15, -0.1) is 0 Å². The molecule has 0 radical (unpaired) electrons. The van der Waals surface area contributed by atoms with Gasteiger partial charge in [-0.05, 0) is 59.1 Å². The molecular weight excluding hydrogens is 303 g/mol. The van der Waals surface area contributed by atoms with E-state index < -0.39 is 5.82 Å². The van der Waals surface area contributed by atoms with Crippen molar-refractivity contribution in [2.75, 3.05) is 6.54 Å². The summed E-state index contributed by atoms with van der Waals surface area (Å²) in [6.45, 7) is 11.5. The summed E-state index contributed by atoms with van der Waals surface area (Å²) in [4.78, 5) is 15.0. The maximum atomic E-state index is 14.1. The van der Waals surface area contributed by atoms with Crippen molar-refractivity contribution < 1.29 is 9.18 Å². The molecule has 1 aromatic carbocycles. The number of rotatable bonds is 5. The summed E-state index contributed by atoms with van der Waals surface area (Å²) in [5, 5.41) is 3.65. The minimum absolute atomic E-state index is 0.0492. The third-order valence-corrected chi connectivity index (χ3v) is 4.73. The Hall–Kier alpha value is -1.42. The number of amides is 1. The highest BCUT2D eigenvalue weighted by Crippen LogP contribution is 2.32. The Morgan fingerprint density at radius 2 is 1.79 bits per heavy atom. The van der Waals surface area contributed by atoms with Gasteiger partial charge in [0.25, 0.3) is 5.91 Å². The maximum absolute atomic E-state index is 14.1. The molecule has 3 nitrogen and oxygen atoms in total. The summed E-state index contributed by atoms with van der Waals surface area (Å²) in [5.74, 6) is -0.614. The number of carbonyl (C=O) groups is 1. The van der Waals surface area contributed by atoms with Gasteiger partial charge in [-0.3, -0.25) is 4.79 Å². The Bertz CT molecular complexity index is 567. The van der Waals surface area contributed by atoms with Gasteiger partial charge in [-0.2, -0.15) is 0 Å². The summed E-state index contributed by atoms with van der Waals surface area (Å²) in [6.07, 6.45) is 3.70. The smallest absolute Gasteiger partial charge is 0.257 e. The van der Waals surface area contributed by atoms with Crippen LogP contribution in [0.5, 0.6) is 0 Å². The average Bonchev–Trinajstić information content (AvgIpc) is 2.44. The fraction of sp³-hybridized carbons (Fsp3) is 0.650. The number of hydrogen-bond acceptors (Lipinski definition) is 2. The first-order valence-corrected chi connectivity index (χ1v) is 9.00. The molecule has 1 amide bonds. The minimum Gasteiger partial charge on any atom is -0.335 e. The molecule has 134 valence electrons. The first kappa shape index (κ1) is 18.9. The van der Waals surface area contributed by atoms with E-state index in [4.69, 9.17) is 0 Å². The van der Waals surface area contributed by atoms with Crippen LogP contribution in [0.3, 0.4) is 0 Å². The quantitative estimate of drug-likeness (QED) is 0.867. The van der Waals surface area contributed by atoms with E-state index in [1.54, 1.807) is 18.2 Å². The monoisotopic (exact) mass is 334 g/mol. The molecule has 1 N–H and O–H groups in total. The molecule has 1 saturated heterocycles. The molecule has 0 atom stereocenters. The number of carbonyl (C=O) groups excluding carboxylic acids is 1. The van der Waals surface area contributed by atoms with Crippen LogP contribution in [0.15, 0.2) is 24.3 Å². The molecule has 1 aromatic rings. The largest absolute Gasteiger partial charge is 0.335 e. The zero-order valence-corrected chi connectivity index (χ0v) is 15.7. The molecule has 0 bridgehead atoms. The van der Waals surface area contributed by atoms with Gasteiger partial charge in [0, 0.05) is 23.7 Å². The van der Waals surface area contributed by atoms with Crippen molar-refractivity contribution in [2.45, 2.75) is 77.4 Å². The van der Waals surface area contributed by atoms with Crippen molar-refractivity contribution >= 4 is 5.91 Å². The fourth-order valence-electron chi connectivity index (χ4n) is 4.06. The van der Waals surface area contributed by atoms with Crippen LogP contribution in [0.2, 0.25) is 0 Å². The molecule has 24 heavy (non-hydrogen) atoms. The Morgan fingerprint density at radius 3 is 2.33 bits per heavy atom. The van der Waals surface area contributed by atoms with E-state index in [0.717, 1.165) is 25.7 Å². The van der Waals surface area contributed by atoms with Crippen LogP contribution in [-0.4, -0.2) is 34.5 Å². The molecule has 0 saturated carbocycles. The summed E-state index contributed by atoms with van der Waals surface area (Å²) in [5.41, 5.74) is 0.0847. The van der Waals surface area contributed by atoms with Gasteiger partial charge in [-0.1, -0.05) is 25.5 Å². The molecule has 1 aliphatic rings. The molecule has 2 rings (SSSR count). The normalized spacial score (nSPS) is 19.9. The van der Waals surface area contributed by atoms with Crippen LogP contribution >= 0.6 is 0 Å². The third-order valence-electron chi connectivity index (χ3n) is 4.73. The second-order valence-electron chi connectivity index (χ2n) is 8.29. The highest BCUT2D eigenvalue weighted by Gasteiger charge is 2.41. The van der Waals surface area contributed by atoms with Crippen molar-refractivity contribution in [3.63, 3.8) is 0 Å². The van der Waals surface area contributed by atoms with Gasteiger partial charge in [0.2, 0.25) is 0 Å². The zero-order chi connectivity index (χ0) is 18.0. The minimum atomic E-state index is -0.434. The summed E-state index contributed by atoms with van der Waals surface area (Å²) in [7, 11) is 0. The van der Waals surface area contributed by atoms with Crippen LogP contribution in [0.25, 0.3) is 0 Å². The average molecular weight is 334 g/mol. The summed E-state index contributed by atoms with van der Waals surface area (Å²) >= 11 is 0. The molecule has 0 spiro atoms. The van der Waals surface area contributed by atoms with Crippen molar-refractivity contribution in [3.8, 4) is 0 Å². The lowest BCUT2D eigenvalue weighted by Crippen LogP contribution is -2.63. The lowest BCUT2D eigenvalue weighted by Gasteiger charge is -2.49. The van der Waals surface area contributed by atoms with E-state index in [-0.39, 0.29) is 28.6 Å². The van der Waals surface area contributed by atoms with Crippen LogP contribution in [0.4, 0.5) is 4.39 Å². The first-order chi connectivity index (χ1) is 11.2.